The Bertz CT molecular complexity index is 357. The molecule has 1 unspecified atom stereocenters. The molecule has 0 amide bonds. The van der Waals surface area contributed by atoms with Crippen molar-refractivity contribution < 1.29 is 14.3 Å². The van der Waals surface area contributed by atoms with Gasteiger partial charge in [-0.1, -0.05) is 0 Å². The molecule has 6 heteroatoms. The number of anilines is 1. The van der Waals surface area contributed by atoms with Crippen molar-refractivity contribution in [3.8, 4) is 5.88 Å². The lowest BCUT2D eigenvalue weighted by atomic mass is 10.3. The maximum Gasteiger partial charge on any atom is 0.328 e. The van der Waals surface area contributed by atoms with Crippen LogP contribution in [-0.2, 0) is 9.53 Å². The quantitative estimate of drug-likeness (QED) is 0.749. The van der Waals surface area contributed by atoms with Crippen LogP contribution in [-0.4, -0.2) is 35.7 Å². The van der Waals surface area contributed by atoms with Crippen molar-refractivity contribution in [2.24, 2.45) is 0 Å². The van der Waals surface area contributed by atoms with Crippen LogP contribution in [0.3, 0.4) is 0 Å². The summed E-state index contributed by atoms with van der Waals surface area (Å²) in [5, 5.41) is 2.87. The van der Waals surface area contributed by atoms with Crippen LogP contribution in [0.15, 0.2) is 12.4 Å². The number of aromatic nitrogens is 2. The number of nitrogens with zero attached hydrogens (tertiary/aromatic N) is 2. The number of hydrogen-bond acceptors (Lipinski definition) is 6. The van der Waals surface area contributed by atoms with Crippen molar-refractivity contribution >= 4 is 11.8 Å². The molecule has 1 aromatic rings. The molecule has 0 bridgehead atoms. The second-order valence-corrected chi connectivity index (χ2v) is 3.06. The molecule has 1 N–H and O–H groups in total. The number of hydrogen-bond donors (Lipinski definition) is 1. The van der Waals surface area contributed by atoms with Gasteiger partial charge in [0.25, 0.3) is 0 Å². The maximum atomic E-state index is 11.3. The van der Waals surface area contributed by atoms with E-state index in [9.17, 15) is 4.79 Å². The Morgan fingerprint density at radius 3 is 2.94 bits per heavy atom. The first kappa shape index (κ1) is 12.2. The molecule has 0 saturated heterocycles. The second kappa shape index (κ2) is 5.89. The topological polar surface area (TPSA) is 73.3 Å². The molecule has 0 spiro atoms. The van der Waals surface area contributed by atoms with E-state index in [4.69, 9.17) is 9.47 Å². The number of nitrogens with one attached hydrogen (secondary N) is 1. The van der Waals surface area contributed by atoms with E-state index in [0.29, 0.717) is 18.3 Å². The number of methoxy groups -OCH3 is 1. The van der Waals surface area contributed by atoms with Crippen molar-refractivity contribution in [3.63, 3.8) is 0 Å². The third-order valence-corrected chi connectivity index (χ3v) is 1.83. The first-order valence-electron chi connectivity index (χ1n) is 4.96. The van der Waals surface area contributed by atoms with E-state index in [0.717, 1.165) is 0 Å². The Morgan fingerprint density at radius 1 is 1.56 bits per heavy atom. The Hall–Kier alpha value is -1.85. The Morgan fingerprint density at radius 2 is 2.31 bits per heavy atom. The van der Waals surface area contributed by atoms with Crippen LogP contribution in [0.1, 0.15) is 13.8 Å². The normalized spacial score (nSPS) is 11.7. The summed E-state index contributed by atoms with van der Waals surface area (Å²) in [6.45, 7) is 3.81. The second-order valence-electron chi connectivity index (χ2n) is 3.06. The largest absolute Gasteiger partial charge is 0.480 e. The summed E-state index contributed by atoms with van der Waals surface area (Å²) in [5.41, 5.74) is 0. The smallest absolute Gasteiger partial charge is 0.328 e. The maximum absolute atomic E-state index is 11.3. The molecule has 0 aliphatic rings. The molecule has 1 atom stereocenters. The average Bonchev–Trinajstić information content (AvgIpc) is 2.29. The first-order valence-corrected chi connectivity index (χ1v) is 4.96. The summed E-state index contributed by atoms with van der Waals surface area (Å²) in [6.07, 6.45) is 3.00. The Kier molecular flexibility index (Phi) is 4.50. The summed E-state index contributed by atoms with van der Waals surface area (Å²) in [5.74, 6) is 0.535. The van der Waals surface area contributed by atoms with E-state index in [1.54, 1.807) is 13.8 Å². The molecule has 88 valence electrons. The third kappa shape index (κ3) is 3.38. The minimum Gasteiger partial charge on any atom is -0.480 e. The molecule has 0 aliphatic carbocycles. The molecule has 1 rings (SSSR count). The van der Waals surface area contributed by atoms with Gasteiger partial charge in [0.1, 0.15) is 11.9 Å². The van der Waals surface area contributed by atoms with Crippen molar-refractivity contribution in [1.82, 2.24) is 9.97 Å². The van der Waals surface area contributed by atoms with Crippen LogP contribution in [0.4, 0.5) is 5.82 Å². The molecule has 0 aliphatic heterocycles. The van der Waals surface area contributed by atoms with Crippen molar-refractivity contribution in [2.45, 2.75) is 19.9 Å². The minimum absolute atomic E-state index is 0.327. The summed E-state index contributed by atoms with van der Waals surface area (Å²) in [6, 6.07) is -0.471. The fourth-order valence-electron chi connectivity index (χ4n) is 1.06. The van der Waals surface area contributed by atoms with Gasteiger partial charge in [-0.25, -0.2) is 4.79 Å². The highest BCUT2D eigenvalue weighted by molar-refractivity contribution is 5.78. The van der Waals surface area contributed by atoms with Crippen LogP contribution < -0.4 is 10.1 Å². The average molecular weight is 225 g/mol. The fraction of sp³-hybridized carbons (Fsp3) is 0.500. The zero-order chi connectivity index (χ0) is 12.0. The number of rotatable bonds is 5. The van der Waals surface area contributed by atoms with Crippen LogP contribution >= 0.6 is 0 Å². The first-order chi connectivity index (χ1) is 7.67. The van der Waals surface area contributed by atoms with Gasteiger partial charge in [-0.3, -0.25) is 4.98 Å². The number of carbonyl (C=O) groups is 1. The highest BCUT2D eigenvalue weighted by Crippen LogP contribution is 2.09. The van der Waals surface area contributed by atoms with Gasteiger partial charge in [0, 0.05) is 0 Å². The molecule has 0 radical (unpaired) electrons. The molecule has 1 heterocycles. The van der Waals surface area contributed by atoms with Crippen LogP contribution in [0.25, 0.3) is 0 Å². The lowest BCUT2D eigenvalue weighted by Crippen LogP contribution is -2.28. The van der Waals surface area contributed by atoms with Gasteiger partial charge in [0.05, 0.1) is 26.1 Å². The van der Waals surface area contributed by atoms with E-state index >= 15 is 0 Å². The van der Waals surface area contributed by atoms with Crippen molar-refractivity contribution in [1.29, 1.82) is 0 Å². The van der Waals surface area contributed by atoms with E-state index in [-0.39, 0.29) is 5.97 Å². The molecule has 16 heavy (non-hydrogen) atoms. The van der Waals surface area contributed by atoms with Crippen molar-refractivity contribution in [3.05, 3.63) is 12.4 Å². The summed E-state index contributed by atoms with van der Waals surface area (Å²) in [4.78, 5) is 19.3. The predicted octanol–water partition coefficient (Wildman–Crippen LogP) is 0.849. The van der Waals surface area contributed by atoms with Gasteiger partial charge in [-0.15, -0.1) is 0 Å². The van der Waals surface area contributed by atoms with Gasteiger partial charge >= 0.3 is 5.97 Å². The number of carbonyl (C=O) groups excluding carboxylic acids is 1. The molecule has 1 aromatic heterocycles. The van der Waals surface area contributed by atoms with Crippen LogP contribution in [0.5, 0.6) is 5.88 Å². The Balaban J connectivity index is 2.61. The zero-order valence-corrected chi connectivity index (χ0v) is 9.56. The highest BCUT2D eigenvalue weighted by Gasteiger charge is 2.14. The van der Waals surface area contributed by atoms with Gasteiger partial charge < -0.3 is 14.8 Å². The van der Waals surface area contributed by atoms with E-state index < -0.39 is 6.04 Å². The molecular weight excluding hydrogens is 210 g/mol. The summed E-state index contributed by atoms with van der Waals surface area (Å²) in [7, 11) is 1.50. The highest BCUT2D eigenvalue weighted by atomic mass is 16.5. The molecule has 6 nitrogen and oxygen atoms in total. The van der Waals surface area contributed by atoms with Crippen LogP contribution in [0, 0.1) is 0 Å². The predicted molar refractivity (Wildman–Crippen MR) is 58.3 cm³/mol. The number of esters is 1. The monoisotopic (exact) mass is 225 g/mol. The number of ether oxygens (including phenoxy) is 2. The standard InChI is InChI=1S/C10H15N3O3/c1-4-16-10(14)7(2)12-8-5-11-6-9(13-8)15-3/h5-7H,4H2,1-3H3,(H,12,13). The summed E-state index contributed by atoms with van der Waals surface area (Å²) >= 11 is 0. The summed E-state index contributed by atoms with van der Waals surface area (Å²) < 4.78 is 9.77. The molecule has 0 aromatic carbocycles. The molecular formula is C10H15N3O3. The lowest BCUT2D eigenvalue weighted by Gasteiger charge is -2.12. The van der Waals surface area contributed by atoms with Gasteiger partial charge in [-0.2, -0.15) is 4.98 Å². The van der Waals surface area contributed by atoms with Crippen molar-refractivity contribution in [2.75, 3.05) is 19.0 Å². The van der Waals surface area contributed by atoms with Crippen LogP contribution in [0.2, 0.25) is 0 Å². The van der Waals surface area contributed by atoms with Gasteiger partial charge in [-0.05, 0) is 13.8 Å². The third-order valence-electron chi connectivity index (χ3n) is 1.83. The molecule has 0 saturated carbocycles. The van der Waals surface area contributed by atoms with E-state index in [1.165, 1.54) is 19.5 Å². The van der Waals surface area contributed by atoms with E-state index in [2.05, 4.69) is 15.3 Å². The lowest BCUT2D eigenvalue weighted by molar-refractivity contribution is -0.143. The minimum atomic E-state index is -0.471. The molecule has 0 fully saturated rings. The Labute approximate surface area is 94.0 Å². The fourth-order valence-corrected chi connectivity index (χ4v) is 1.06. The van der Waals surface area contributed by atoms with Gasteiger partial charge in [0.2, 0.25) is 5.88 Å². The SMILES string of the molecule is CCOC(=O)C(C)Nc1cncc(OC)n1. The van der Waals surface area contributed by atoms with E-state index in [1.807, 2.05) is 0 Å². The van der Waals surface area contributed by atoms with Gasteiger partial charge in [0.15, 0.2) is 0 Å². The zero-order valence-electron chi connectivity index (χ0n) is 9.56.